The Morgan fingerprint density at radius 2 is 1.92 bits per heavy atom. The van der Waals surface area contributed by atoms with E-state index >= 15 is 0 Å². The number of anilines is 2. The highest BCUT2D eigenvalue weighted by molar-refractivity contribution is 7.73. The van der Waals surface area contributed by atoms with Crippen LogP contribution >= 0.6 is 23.6 Å². The van der Waals surface area contributed by atoms with Crippen molar-refractivity contribution in [2.45, 2.75) is 20.4 Å². The monoisotopic (exact) mass is 369 g/mol. The first kappa shape index (κ1) is 17.4. The van der Waals surface area contributed by atoms with Crippen molar-refractivity contribution in [3.05, 3.63) is 74.1 Å². The normalized spacial score (nSPS) is 10.6. The van der Waals surface area contributed by atoms with Crippen LogP contribution < -0.4 is 11.1 Å². The van der Waals surface area contributed by atoms with E-state index in [0.29, 0.717) is 21.2 Å². The minimum Gasteiger partial charge on any atom is -0.384 e. The van der Waals surface area contributed by atoms with Crippen molar-refractivity contribution in [1.29, 1.82) is 0 Å². The van der Waals surface area contributed by atoms with Crippen LogP contribution in [-0.2, 0) is 6.54 Å². The average molecular weight is 370 g/mol. The van der Waals surface area contributed by atoms with Crippen molar-refractivity contribution in [2.75, 3.05) is 11.1 Å². The molecule has 0 atom stereocenters. The maximum atomic E-state index is 12.6. The molecule has 0 spiro atoms. The van der Waals surface area contributed by atoms with E-state index in [0.717, 1.165) is 22.4 Å². The van der Waals surface area contributed by atoms with E-state index in [9.17, 15) is 4.79 Å². The van der Waals surface area contributed by atoms with Gasteiger partial charge in [0.1, 0.15) is 10.7 Å². The molecule has 128 valence electrons. The maximum absolute atomic E-state index is 12.6. The quantitative estimate of drug-likeness (QED) is 0.651. The number of thiazole rings is 1. The molecule has 0 aliphatic heterocycles. The number of carbonyl (C=O) groups excluding carboxylic acids is 1. The second-order valence-electron chi connectivity index (χ2n) is 5.93. The molecule has 3 N–H and O–H groups in total. The number of rotatable bonds is 4. The number of amides is 1. The number of benzene rings is 2. The molecular weight excluding hydrogens is 350 g/mol. The van der Waals surface area contributed by atoms with Gasteiger partial charge in [-0.2, -0.15) is 0 Å². The maximum Gasteiger partial charge on any atom is 0.269 e. The molecule has 2 aromatic carbocycles. The molecule has 0 bridgehead atoms. The van der Waals surface area contributed by atoms with Gasteiger partial charge in [-0.15, -0.1) is 0 Å². The van der Waals surface area contributed by atoms with Crippen LogP contribution in [0.4, 0.5) is 11.5 Å². The van der Waals surface area contributed by atoms with Gasteiger partial charge >= 0.3 is 0 Å². The SMILES string of the molecule is Cc1ccc(NC(=O)c2sc(=S)n(Cc3ccccc3)c2N)c(C)c1. The van der Waals surface area contributed by atoms with Crippen molar-refractivity contribution in [2.24, 2.45) is 0 Å². The van der Waals surface area contributed by atoms with Gasteiger partial charge in [-0.25, -0.2) is 0 Å². The molecule has 0 aliphatic carbocycles. The zero-order valence-electron chi connectivity index (χ0n) is 14.1. The lowest BCUT2D eigenvalue weighted by Crippen LogP contribution is -2.14. The van der Waals surface area contributed by atoms with E-state index in [1.165, 1.54) is 11.3 Å². The Labute approximate surface area is 155 Å². The molecule has 0 saturated heterocycles. The lowest BCUT2D eigenvalue weighted by molar-refractivity contribution is 0.103. The van der Waals surface area contributed by atoms with Crippen molar-refractivity contribution in [3.8, 4) is 0 Å². The van der Waals surface area contributed by atoms with Crippen molar-refractivity contribution >= 4 is 41.0 Å². The number of nitrogen functional groups attached to an aromatic ring is 1. The Morgan fingerprint density at radius 3 is 2.60 bits per heavy atom. The third-order valence-electron chi connectivity index (χ3n) is 3.95. The van der Waals surface area contributed by atoms with E-state index in [2.05, 4.69) is 5.32 Å². The summed E-state index contributed by atoms with van der Waals surface area (Å²) in [7, 11) is 0. The molecular formula is C19H19N3OS2. The molecule has 0 radical (unpaired) electrons. The standard InChI is InChI=1S/C19H19N3OS2/c1-12-8-9-15(13(2)10-12)21-18(23)16-17(20)22(19(24)25-16)11-14-6-4-3-5-7-14/h3-10H,11,20H2,1-2H3,(H,21,23). The number of aryl methyl sites for hydroxylation is 2. The van der Waals surface area contributed by atoms with E-state index in [-0.39, 0.29) is 5.91 Å². The van der Waals surface area contributed by atoms with Gasteiger partial charge in [0.05, 0.1) is 6.54 Å². The van der Waals surface area contributed by atoms with Gasteiger partial charge in [-0.05, 0) is 43.3 Å². The highest BCUT2D eigenvalue weighted by Crippen LogP contribution is 2.25. The summed E-state index contributed by atoms with van der Waals surface area (Å²) in [4.78, 5) is 13.1. The molecule has 0 unspecified atom stereocenters. The lowest BCUT2D eigenvalue weighted by Gasteiger charge is -2.09. The first-order chi connectivity index (χ1) is 12.0. The molecule has 0 saturated carbocycles. The fourth-order valence-corrected chi connectivity index (χ4v) is 3.85. The molecule has 1 heterocycles. The molecule has 0 fully saturated rings. The van der Waals surface area contributed by atoms with Crippen LogP contribution in [0.5, 0.6) is 0 Å². The lowest BCUT2D eigenvalue weighted by atomic mass is 10.1. The van der Waals surface area contributed by atoms with Gasteiger partial charge in [0.25, 0.3) is 5.91 Å². The molecule has 1 amide bonds. The van der Waals surface area contributed by atoms with Crippen LogP contribution in [0.2, 0.25) is 0 Å². The molecule has 4 nitrogen and oxygen atoms in total. The third-order valence-corrected chi connectivity index (χ3v) is 5.42. The largest absolute Gasteiger partial charge is 0.384 e. The van der Waals surface area contributed by atoms with Gasteiger partial charge in [0, 0.05) is 5.69 Å². The minimum absolute atomic E-state index is 0.229. The first-order valence-corrected chi connectivity index (χ1v) is 9.10. The van der Waals surface area contributed by atoms with Crippen molar-refractivity contribution in [1.82, 2.24) is 4.57 Å². The Balaban J connectivity index is 1.86. The number of nitrogens with two attached hydrogens (primary N) is 1. The fourth-order valence-electron chi connectivity index (χ4n) is 2.63. The van der Waals surface area contributed by atoms with Crippen LogP contribution in [0.25, 0.3) is 0 Å². The number of hydrogen-bond acceptors (Lipinski definition) is 4. The summed E-state index contributed by atoms with van der Waals surface area (Å²) >= 11 is 6.65. The zero-order valence-corrected chi connectivity index (χ0v) is 15.7. The highest BCUT2D eigenvalue weighted by Gasteiger charge is 2.18. The van der Waals surface area contributed by atoms with Crippen LogP contribution in [0.1, 0.15) is 26.4 Å². The molecule has 1 aromatic heterocycles. The average Bonchev–Trinajstić information content (AvgIpc) is 2.86. The summed E-state index contributed by atoms with van der Waals surface area (Å²) in [5.74, 6) is 0.175. The Hall–Kier alpha value is -2.44. The topological polar surface area (TPSA) is 60.0 Å². The summed E-state index contributed by atoms with van der Waals surface area (Å²) in [6, 6.07) is 15.8. The van der Waals surface area contributed by atoms with Crippen molar-refractivity contribution in [3.63, 3.8) is 0 Å². The fraction of sp³-hybridized carbons (Fsp3) is 0.158. The predicted molar refractivity (Wildman–Crippen MR) is 107 cm³/mol. The van der Waals surface area contributed by atoms with E-state index in [1.807, 2.05) is 62.4 Å². The summed E-state index contributed by atoms with van der Waals surface area (Å²) in [6.45, 7) is 4.54. The van der Waals surface area contributed by atoms with Crippen LogP contribution in [0, 0.1) is 17.8 Å². The molecule has 3 rings (SSSR count). The van der Waals surface area contributed by atoms with Gasteiger partial charge in [0.15, 0.2) is 3.95 Å². The van der Waals surface area contributed by atoms with Gasteiger partial charge in [0.2, 0.25) is 0 Å². The number of nitrogens with zero attached hydrogens (tertiary/aromatic N) is 1. The Bertz CT molecular complexity index is 974. The zero-order chi connectivity index (χ0) is 18.0. The van der Waals surface area contributed by atoms with Crippen LogP contribution in [-0.4, -0.2) is 10.5 Å². The highest BCUT2D eigenvalue weighted by atomic mass is 32.1. The number of nitrogens with one attached hydrogen (secondary N) is 1. The molecule has 6 heteroatoms. The smallest absolute Gasteiger partial charge is 0.269 e. The first-order valence-electron chi connectivity index (χ1n) is 7.87. The second-order valence-corrected chi connectivity index (χ2v) is 7.57. The Morgan fingerprint density at radius 1 is 1.20 bits per heavy atom. The number of hydrogen-bond donors (Lipinski definition) is 2. The summed E-state index contributed by atoms with van der Waals surface area (Å²) in [5.41, 5.74) is 10.2. The summed E-state index contributed by atoms with van der Waals surface area (Å²) < 4.78 is 2.39. The Kier molecular flexibility index (Phi) is 5.01. The minimum atomic E-state index is -0.229. The van der Waals surface area contributed by atoms with E-state index in [4.69, 9.17) is 18.0 Å². The van der Waals surface area contributed by atoms with Gasteiger partial charge in [-0.3, -0.25) is 4.79 Å². The molecule has 3 aromatic rings. The van der Waals surface area contributed by atoms with Crippen LogP contribution in [0.15, 0.2) is 48.5 Å². The summed E-state index contributed by atoms with van der Waals surface area (Å²) in [5, 5.41) is 2.93. The molecule has 25 heavy (non-hydrogen) atoms. The van der Waals surface area contributed by atoms with E-state index < -0.39 is 0 Å². The van der Waals surface area contributed by atoms with Gasteiger partial charge in [-0.1, -0.05) is 59.4 Å². The molecule has 0 aliphatic rings. The summed E-state index contributed by atoms with van der Waals surface area (Å²) in [6.07, 6.45) is 0. The third kappa shape index (κ3) is 3.81. The van der Waals surface area contributed by atoms with Gasteiger partial charge < -0.3 is 15.6 Å². The predicted octanol–water partition coefficient (Wildman–Crippen LogP) is 4.78. The van der Waals surface area contributed by atoms with Crippen LogP contribution in [0.3, 0.4) is 0 Å². The number of carbonyl (C=O) groups is 1. The second kappa shape index (κ2) is 7.21. The van der Waals surface area contributed by atoms with Crippen molar-refractivity contribution < 1.29 is 4.79 Å². The van der Waals surface area contributed by atoms with E-state index in [1.54, 1.807) is 4.57 Å². The number of aromatic nitrogens is 1.